The molecule has 138 valence electrons. The lowest BCUT2D eigenvalue weighted by Crippen LogP contribution is -2.52. The maximum absolute atomic E-state index is 11.6. The average Bonchev–Trinajstić information content (AvgIpc) is 3.16. The molecule has 4 fully saturated rings. The van der Waals surface area contributed by atoms with Crippen LogP contribution in [0.15, 0.2) is 11.6 Å². The third-order valence-electron chi connectivity index (χ3n) is 9.72. The van der Waals surface area contributed by atoms with Crippen molar-refractivity contribution < 1.29 is 9.53 Å². The highest BCUT2D eigenvalue weighted by atomic mass is 16.5. The monoisotopic (exact) mass is 342 g/mol. The summed E-state index contributed by atoms with van der Waals surface area (Å²) in [6, 6.07) is 0. The lowest BCUT2D eigenvalue weighted by Gasteiger charge is -2.60. The van der Waals surface area contributed by atoms with Gasteiger partial charge in [-0.1, -0.05) is 26.7 Å². The molecule has 0 aromatic carbocycles. The van der Waals surface area contributed by atoms with Crippen molar-refractivity contribution in [2.45, 2.75) is 78.1 Å². The van der Waals surface area contributed by atoms with Gasteiger partial charge in [-0.15, -0.1) is 0 Å². The first-order valence-electron chi connectivity index (χ1n) is 10.9. The van der Waals surface area contributed by atoms with Crippen LogP contribution in [-0.2, 0) is 9.53 Å². The average molecular weight is 343 g/mol. The second-order valence-electron chi connectivity index (χ2n) is 10.4. The summed E-state index contributed by atoms with van der Waals surface area (Å²) in [5, 5.41) is 0. The topological polar surface area (TPSA) is 26.3 Å². The molecule has 0 N–H and O–H groups in total. The van der Waals surface area contributed by atoms with Crippen LogP contribution in [0.3, 0.4) is 0 Å². The summed E-state index contributed by atoms with van der Waals surface area (Å²) in [5.41, 5.74) is 2.36. The molecule has 0 aromatic rings. The normalized spacial score (nSPS) is 52.0. The van der Waals surface area contributed by atoms with Crippen molar-refractivity contribution in [2.75, 3.05) is 6.61 Å². The summed E-state index contributed by atoms with van der Waals surface area (Å²) in [7, 11) is 0. The molecule has 0 bridgehead atoms. The van der Waals surface area contributed by atoms with E-state index < -0.39 is 0 Å². The smallest absolute Gasteiger partial charge is 0.331 e. The van der Waals surface area contributed by atoms with Crippen LogP contribution in [0.5, 0.6) is 0 Å². The Morgan fingerprint density at radius 2 is 1.76 bits per heavy atom. The fourth-order valence-electron chi connectivity index (χ4n) is 8.49. The first-order valence-corrected chi connectivity index (χ1v) is 10.9. The van der Waals surface area contributed by atoms with Gasteiger partial charge < -0.3 is 4.74 Å². The van der Waals surface area contributed by atoms with Crippen molar-refractivity contribution in [3.8, 4) is 0 Å². The van der Waals surface area contributed by atoms with E-state index in [1.54, 1.807) is 0 Å². The van der Waals surface area contributed by atoms with Gasteiger partial charge in [-0.3, -0.25) is 0 Å². The molecule has 4 aliphatic carbocycles. The van der Waals surface area contributed by atoms with Gasteiger partial charge >= 0.3 is 5.97 Å². The number of hydrogen-bond donors (Lipinski definition) is 0. The van der Waals surface area contributed by atoms with Gasteiger partial charge in [0, 0.05) is 6.08 Å². The zero-order chi connectivity index (χ0) is 17.2. The molecule has 0 unspecified atom stereocenters. The zero-order valence-electron chi connectivity index (χ0n) is 16.1. The molecule has 2 heteroatoms. The van der Waals surface area contributed by atoms with E-state index in [4.69, 9.17) is 4.74 Å². The van der Waals surface area contributed by atoms with Gasteiger partial charge in [-0.25, -0.2) is 4.79 Å². The Hall–Kier alpha value is -0.790. The number of ether oxygens (including phenoxy) is 1. The molecule has 0 aromatic heterocycles. The van der Waals surface area contributed by atoms with Crippen molar-refractivity contribution in [2.24, 2.45) is 40.4 Å². The predicted molar refractivity (Wildman–Crippen MR) is 98.9 cm³/mol. The lowest BCUT2D eigenvalue weighted by atomic mass is 9.44. The predicted octanol–water partition coefficient (Wildman–Crippen LogP) is 5.52. The fourth-order valence-corrected chi connectivity index (χ4v) is 8.49. The van der Waals surface area contributed by atoms with E-state index in [0.29, 0.717) is 23.4 Å². The van der Waals surface area contributed by atoms with E-state index >= 15 is 0 Å². The minimum absolute atomic E-state index is 0.106. The number of esters is 1. The molecule has 1 aliphatic heterocycles. The molecule has 0 spiro atoms. The molecule has 7 atom stereocenters. The number of carbonyl (C=O) groups excluding carboxylic acids is 1. The number of rotatable bonds is 1. The van der Waals surface area contributed by atoms with E-state index in [2.05, 4.69) is 13.8 Å². The summed E-state index contributed by atoms with van der Waals surface area (Å²) in [6.45, 7) is 5.79. The number of hydrogen-bond acceptors (Lipinski definition) is 2. The lowest BCUT2D eigenvalue weighted by molar-refractivity contribution is -0.135. The number of carbonyl (C=O) groups is 1. The van der Waals surface area contributed by atoms with Gasteiger partial charge in [-0.2, -0.15) is 0 Å². The van der Waals surface area contributed by atoms with Gasteiger partial charge in [-0.05, 0) is 97.4 Å². The van der Waals surface area contributed by atoms with E-state index in [1.807, 2.05) is 6.08 Å². The van der Waals surface area contributed by atoms with Crippen molar-refractivity contribution in [1.82, 2.24) is 0 Å². The molecule has 2 nitrogen and oxygen atoms in total. The summed E-state index contributed by atoms with van der Waals surface area (Å²) in [6.07, 6.45) is 16.2. The van der Waals surface area contributed by atoms with Crippen molar-refractivity contribution in [3.63, 3.8) is 0 Å². The van der Waals surface area contributed by atoms with Gasteiger partial charge in [0.25, 0.3) is 0 Å². The summed E-state index contributed by atoms with van der Waals surface area (Å²) >= 11 is 0. The molecule has 5 aliphatic rings. The second-order valence-corrected chi connectivity index (χ2v) is 10.4. The van der Waals surface area contributed by atoms with Crippen LogP contribution < -0.4 is 0 Å². The Balaban J connectivity index is 1.43. The van der Waals surface area contributed by atoms with Crippen LogP contribution in [0.1, 0.15) is 78.1 Å². The van der Waals surface area contributed by atoms with E-state index in [-0.39, 0.29) is 5.97 Å². The van der Waals surface area contributed by atoms with Gasteiger partial charge in [0.2, 0.25) is 0 Å². The van der Waals surface area contributed by atoms with Gasteiger partial charge in [0.1, 0.15) is 6.61 Å². The molecule has 0 amide bonds. The largest absolute Gasteiger partial charge is 0.458 e. The number of fused-ring (bicyclic) bond motifs is 5. The third kappa shape index (κ3) is 2.24. The molecule has 5 rings (SSSR count). The highest BCUT2D eigenvalue weighted by molar-refractivity contribution is 5.85. The first kappa shape index (κ1) is 16.4. The molecule has 0 radical (unpaired) electrons. The van der Waals surface area contributed by atoms with Crippen LogP contribution in [0.25, 0.3) is 0 Å². The maximum atomic E-state index is 11.6. The highest BCUT2D eigenvalue weighted by Gasteiger charge is 2.60. The summed E-state index contributed by atoms with van der Waals surface area (Å²) in [5.74, 6) is 4.30. The molecule has 25 heavy (non-hydrogen) atoms. The molecular weight excluding hydrogens is 308 g/mol. The van der Waals surface area contributed by atoms with Gasteiger partial charge in [0.05, 0.1) is 0 Å². The molecule has 0 saturated heterocycles. The Kier molecular flexibility index (Phi) is 3.67. The van der Waals surface area contributed by atoms with E-state index in [9.17, 15) is 4.79 Å². The second kappa shape index (κ2) is 5.60. The van der Waals surface area contributed by atoms with E-state index in [1.165, 1.54) is 69.8 Å². The van der Waals surface area contributed by atoms with Crippen molar-refractivity contribution >= 4 is 5.97 Å². The minimum Gasteiger partial charge on any atom is -0.458 e. The Labute approximate surface area is 152 Å². The van der Waals surface area contributed by atoms with Crippen LogP contribution in [0.4, 0.5) is 0 Å². The van der Waals surface area contributed by atoms with Crippen molar-refractivity contribution in [1.29, 1.82) is 0 Å². The molecule has 4 saturated carbocycles. The first-order chi connectivity index (χ1) is 12.0. The SMILES string of the molecule is C[C@]12CCCC[C@H]1CC[C@H]1[C@H]3CC[C@H](C4=CC(=O)OC4)[C@@]3(C)CC[C@@H]12. The third-order valence-corrected chi connectivity index (χ3v) is 9.72. The summed E-state index contributed by atoms with van der Waals surface area (Å²) < 4.78 is 5.26. The van der Waals surface area contributed by atoms with Crippen LogP contribution in [-0.4, -0.2) is 12.6 Å². The standard InChI is InChI=1S/C23H34O2/c1-22-11-4-3-5-16(22)6-7-17-19-9-8-18(15-13-21(24)25-14-15)23(19,2)12-10-20(17)22/h13,16-20H,3-12,14H2,1-2H3/t16-,17-,18+,19+,20-,22-,23+/m0/s1. The molecular formula is C23H34O2. The fraction of sp³-hybridized carbons (Fsp3) is 0.870. The van der Waals surface area contributed by atoms with Gasteiger partial charge in [0.15, 0.2) is 0 Å². The minimum atomic E-state index is -0.106. The van der Waals surface area contributed by atoms with Crippen molar-refractivity contribution in [3.05, 3.63) is 11.6 Å². The van der Waals surface area contributed by atoms with Crippen LogP contribution in [0, 0.1) is 40.4 Å². The van der Waals surface area contributed by atoms with Crippen LogP contribution >= 0.6 is 0 Å². The van der Waals surface area contributed by atoms with Crippen LogP contribution in [0.2, 0.25) is 0 Å². The summed E-state index contributed by atoms with van der Waals surface area (Å²) in [4.78, 5) is 11.6. The maximum Gasteiger partial charge on any atom is 0.331 e. The van der Waals surface area contributed by atoms with E-state index in [0.717, 1.165) is 23.7 Å². The Morgan fingerprint density at radius 3 is 2.56 bits per heavy atom. The Bertz CT molecular complexity index is 607. The number of cyclic esters (lactones) is 1. The Morgan fingerprint density at radius 1 is 0.920 bits per heavy atom. The highest BCUT2D eigenvalue weighted by Crippen LogP contribution is 2.68. The molecule has 1 heterocycles. The quantitative estimate of drug-likeness (QED) is 0.587. The zero-order valence-corrected chi connectivity index (χ0v) is 16.1.